The van der Waals surface area contributed by atoms with Crippen molar-refractivity contribution in [1.82, 2.24) is 24.9 Å². The third-order valence-electron chi connectivity index (χ3n) is 8.54. The van der Waals surface area contributed by atoms with Crippen molar-refractivity contribution < 1.29 is 14.4 Å². The minimum atomic E-state index is -0.582. The summed E-state index contributed by atoms with van der Waals surface area (Å²) in [6.45, 7) is 2.97. The minimum Gasteiger partial charge on any atom is -0.335 e. The molecule has 5 atom stereocenters. The summed E-state index contributed by atoms with van der Waals surface area (Å²) in [4.78, 5) is 47.1. The molecule has 0 radical (unpaired) electrons. The van der Waals surface area contributed by atoms with Gasteiger partial charge in [0.2, 0.25) is 0 Å². The van der Waals surface area contributed by atoms with Gasteiger partial charge in [-0.2, -0.15) is 0 Å². The summed E-state index contributed by atoms with van der Waals surface area (Å²) in [5.41, 5.74) is 2.45. The predicted molar refractivity (Wildman–Crippen MR) is 140 cm³/mol. The van der Waals surface area contributed by atoms with Crippen LogP contribution in [0.5, 0.6) is 0 Å². The average molecular weight is 502 g/mol. The largest absolute Gasteiger partial charge is 0.335 e. The molecule has 3 saturated heterocycles. The van der Waals surface area contributed by atoms with Crippen LogP contribution in [0.25, 0.3) is 0 Å². The Morgan fingerprint density at radius 2 is 1.68 bits per heavy atom. The number of hydrogen-bond donors (Lipinski definition) is 1. The molecule has 5 amide bonds. The van der Waals surface area contributed by atoms with Gasteiger partial charge in [0.05, 0.1) is 6.54 Å². The quantitative estimate of drug-likeness (QED) is 0.640. The van der Waals surface area contributed by atoms with Crippen LogP contribution in [0.4, 0.5) is 9.59 Å². The molecule has 2 unspecified atom stereocenters. The Morgan fingerprint density at radius 3 is 2.43 bits per heavy atom. The van der Waals surface area contributed by atoms with Crippen LogP contribution in [-0.2, 0) is 11.2 Å². The van der Waals surface area contributed by atoms with Gasteiger partial charge >= 0.3 is 12.1 Å². The second-order valence-electron chi connectivity index (χ2n) is 11.0. The third kappa shape index (κ3) is 4.70. The zero-order valence-corrected chi connectivity index (χ0v) is 21.3. The highest BCUT2D eigenvalue weighted by atomic mass is 16.2. The van der Waals surface area contributed by atoms with E-state index in [4.69, 9.17) is 0 Å². The monoisotopic (exact) mass is 501 g/mol. The van der Waals surface area contributed by atoms with Gasteiger partial charge < -0.3 is 20.0 Å². The SMILES string of the molecule is CN1CCC(NC(=O)N2CCN3C(=O)N([C@H]4C[C@@H]4c4ccccc4)C(=O)[C@@H]3C2)C(Cc2ccccc2)C1. The van der Waals surface area contributed by atoms with Crippen molar-refractivity contribution in [2.45, 2.75) is 43.3 Å². The van der Waals surface area contributed by atoms with Crippen LogP contribution in [0, 0.1) is 5.92 Å². The molecule has 8 heteroatoms. The van der Waals surface area contributed by atoms with Crippen LogP contribution in [0.2, 0.25) is 0 Å². The molecule has 2 aromatic carbocycles. The number of hydrogen-bond acceptors (Lipinski definition) is 4. The molecule has 4 aliphatic rings. The summed E-state index contributed by atoms with van der Waals surface area (Å²) in [6, 6.07) is 19.6. The van der Waals surface area contributed by atoms with Crippen LogP contribution in [0.3, 0.4) is 0 Å². The second-order valence-corrected chi connectivity index (χ2v) is 11.0. The van der Waals surface area contributed by atoms with Gasteiger partial charge in [0, 0.05) is 37.6 Å². The molecular weight excluding hydrogens is 466 g/mol. The first-order chi connectivity index (χ1) is 18.0. The first kappa shape index (κ1) is 24.0. The van der Waals surface area contributed by atoms with Gasteiger partial charge in [0.1, 0.15) is 6.04 Å². The smallest absolute Gasteiger partial charge is 0.327 e. The van der Waals surface area contributed by atoms with Crippen LogP contribution in [0.15, 0.2) is 60.7 Å². The molecule has 4 fully saturated rings. The number of benzene rings is 2. The van der Waals surface area contributed by atoms with E-state index in [1.165, 1.54) is 16.0 Å². The lowest BCUT2D eigenvalue weighted by Gasteiger charge is -2.40. The molecule has 3 aliphatic heterocycles. The Balaban J connectivity index is 1.09. The van der Waals surface area contributed by atoms with Crippen molar-refractivity contribution >= 4 is 18.0 Å². The maximum Gasteiger partial charge on any atom is 0.327 e. The number of carbonyl (C=O) groups is 3. The van der Waals surface area contributed by atoms with Gasteiger partial charge in [-0.3, -0.25) is 9.69 Å². The minimum absolute atomic E-state index is 0.0757. The van der Waals surface area contributed by atoms with Crippen molar-refractivity contribution in [1.29, 1.82) is 0 Å². The summed E-state index contributed by atoms with van der Waals surface area (Å²) in [5.74, 6) is 0.370. The third-order valence-corrected chi connectivity index (χ3v) is 8.54. The van der Waals surface area contributed by atoms with E-state index in [2.05, 4.69) is 53.7 Å². The summed E-state index contributed by atoms with van der Waals surface area (Å²) in [5, 5.41) is 3.29. The normalized spacial score (nSPS) is 29.9. The fourth-order valence-corrected chi connectivity index (χ4v) is 6.41. The van der Waals surface area contributed by atoms with Crippen molar-refractivity contribution in [2.75, 3.05) is 39.8 Å². The lowest BCUT2D eigenvalue weighted by Crippen LogP contribution is -2.59. The van der Waals surface area contributed by atoms with Gasteiger partial charge in [-0.25, -0.2) is 9.59 Å². The Labute approximate surface area is 218 Å². The summed E-state index contributed by atoms with van der Waals surface area (Å²) in [7, 11) is 2.13. The molecule has 0 aromatic heterocycles. The van der Waals surface area contributed by atoms with E-state index in [1.54, 1.807) is 9.80 Å². The molecule has 6 rings (SSSR count). The Kier molecular flexibility index (Phi) is 6.36. The number of urea groups is 2. The highest BCUT2D eigenvalue weighted by molar-refractivity contribution is 6.05. The molecule has 1 N–H and O–H groups in total. The number of piperidine rings is 1. The van der Waals surface area contributed by atoms with Crippen LogP contribution < -0.4 is 5.32 Å². The number of nitrogens with one attached hydrogen (secondary N) is 1. The van der Waals surface area contributed by atoms with E-state index in [9.17, 15) is 14.4 Å². The number of imide groups is 1. The fraction of sp³-hybridized carbons (Fsp3) is 0.483. The summed E-state index contributed by atoms with van der Waals surface area (Å²) < 4.78 is 0. The number of piperazine rings is 1. The number of likely N-dealkylation sites (tertiary alicyclic amines) is 1. The van der Waals surface area contributed by atoms with Crippen molar-refractivity contribution in [3.63, 3.8) is 0 Å². The zero-order valence-electron chi connectivity index (χ0n) is 21.3. The molecular formula is C29H35N5O3. The first-order valence-corrected chi connectivity index (χ1v) is 13.5. The zero-order chi connectivity index (χ0) is 25.5. The Morgan fingerprint density at radius 1 is 0.946 bits per heavy atom. The van der Waals surface area contributed by atoms with Crippen LogP contribution >= 0.6 is 0 Å². The standard InChI is InChI=1S/C29H35N5O3/c1-31-13-12-24(22(18-31)16-20-8-4-2-5-9-20)30-28(36)32-14-15-33-26(19-32)27(35)34(29(33)37)25-17-23(25)21-10-6-3-7-11-21/h2-11,22-26H,12-19H2,1H3,(H,30,36)/t22?,23-,24?,25+,26+/m1/s1. The van der Waals surface area contributed by atoms with Gasteiger partial charge in [0.25, 0.3) is 5.91 Å². The van der Waals surface area contributed by atoms with Crippen molar-refractivity contribution in [3.8, 4) is 0 Å². The molecule has 1 aliphatic carbocycles. The molecule has 2 aromatic rings. The van der Waals surface area contributed by atoms with E-state index < -0.39 is 6.04 Å². The van der Waals surface area contributed by atoms with E-state index in [0.717, 1.165) is 32.4 Å². The number of fused-ring (bicyclic) bond motifs is 1. The summed E-state index contributed by atoms with van der Waals surface area (Å²) >= 11 is 0. The predicted octanol–water partition coefficient (Wildman–Crippen LogP) is 2.76. The number of nitrogens with zero attached hydrogens (tertiary/aromatic N) is 4. The lowest BCUT2D eigenvalue weighted by molar-refractivity contribution is -0.129. The Bertz CT molecular complexity index is 1160. The molecule has 37 heavy (non-hydrogen) atoms. The summed E-state index contributed by atoms with van der Waals surface area (Å²) in [6.07, 6.45) is 2.63. The maximum absolute atomic E-state index is 13.4. The fourth-order valence-electron chi connectivity index (χ4n) is 6.41. The highest BCUT2D eigenvalue weighted by Gasteiger charge is 2.56. The molecule has 8 nitrogen and oxygen atoms in total. The maximum atomic E-state index is 13.4. The first-order valence-electron chi connectivity index (χ1n) is 13.5. The molecule has 0 bridgehead atoms. The van der Waals surface area contributed by atoms with E-state index >= 15 is 0 Å². The van der Waals surface area contributed by atoms with E-state index in [1.807, 2.05) is 24.3 Å². The van der Waals surface area contributed by atoms with Crippen molar-refractivity contribution in [2.24, 2.45) is 5.92 Å². The molecule has 0 spiro atoms. The van der Waals surface area contributed by atoms with E-state index in [0.29, 0.717) is 19.0 Å². The number of rotatable bonds is 5. The molecule has 194 valence electrons. The molecule has 3 heterocycles. The van der Waals surface area contributed by atoms with Gasteiger partial charge in [0.15, 0.2) is 0 Å². The van der Waals surface area contributed by atoms with Gasteiger partial charge in [-0.1, -0.05) is 60.7 Å². The van der Waals surface area contributed by atoms with Crippen LogP contribution in [0.1, 0.15) is 29.9 Å². The number of amides is 5. The van der Waals surface area contributed by atoms with Crippen LogP contribution in [-0.4, -0.2) is 95.5 Å². The molecule has 1 saturated carbocycles. The van der Waals surface area contributed by atoms with E-state index in [-0.39, 0.29) is 42.5 Å². The Hall–Kier alpha value is -3.39. The lowest BCUT2D eigenvalue weighted by atomic mass is 9.87. The average Bonchev–Trinajstić information content (AvgIpc) is 3.66. The highest BCUT2D eigenvalue weighted by Crippen LogP contribution is 2.46. The number of carbonyl (C=O) groups excluding carboxylic acids is 3. The van der Waals surface area contributed by atoms with Gasteiger partial charge in [-0.05, 0) is 49.9 Å². The van der Waals surface area contributed by atoms with Gasteiger partial charge in [-0.15, -0.1) is 0 Å². The van der Waals surface area contributed by atoms with Crippen molar-refractivity contribution in [3.05, 3.63) is 71.8 Å². The second kappa shape index (κ2) is 9.82. The topological polar surface area (TPSA) is 76.2 Å².